The van der Waals surface area contributed by atoms with Gasteiger partial charge in [0.2, 0.25) is 0 Å². The predicted molar refractivity (Wildman–Crippen MR) is 72.5 cm³/mol. The number of nitrogens with one attached hydrogen (secondary N) is 1. The summed E-state index contributed by atoms with van der Waals surface area (Å²) in [6, 6.07) is 5.90. The molecule has 2 atom stereocenters. The van der Waals surface area contributed by atoms with Gasteiger partial charge < -0.3 is 15.3 Å². The summed E-state index contributed by atoms with van der Waals surface area (Å²) < 4.78 is 13.2. The molecule has 104 valence electrons. The minimum absolute atomic E-state index is 0.275. The van der Waals surface area contributed by atoms with Crippen molar-refractivity contribution in [3.05, 3.63) is 29.6 Å². The van der Waals surface area contributed by atoms with Crippen LogP contribution in [0.4, 0.5) is 4.39 Å². The molecule has 1 aromatic rings. The molecule has 2 aliphatic heterocycles. The Bertz CT molecular complexity index is 452. The molecule has 0 bridgehead atoms. The monoisotopic (exact) mass is 264 g/mol. The molecule has 2 saturated heterocycles. The lowest BCUT2D eigenvalue weighted by Crippen LogP contribution is -2.45. The lowest BCUT2D eigenvalue weighted by atomic mass is 9.97. The molecular weight excluding hydrogens is 243 g/mol. The van der Waals surface area contributed by atoms with Crippen LogP contribution in [0.2, 0.25) is 0 Å². The molecule has 4 heteroatoms. The highest BCUT2D eigenvalue weighted by Gasteiger charge is 2.31. The van der Waals surface area contributed by atoms with E-state index in [1.807, 2.05) is 0 Å². The zero-order valence-electron chi connectivity index (χ0n) is 11.1. The number of phenols is 1. The van der Waals surface area contributed by atoms with Gasteiger partial charge in [0.25, 0.3) is 0 Å². The highest BCUT2D eigenvalue weighted by Crippen LogP contribution is 2.27. The smallest absolute Gasteiger partial charge is 0.165 e. The zero-order chi connectivity index (χ0) is 13.2. The van der Waals surface area contributed by atoms with E-state index in [9.17, 15) is 4.39 Å². The Balaban J connectivity index is 1.53. The van der Waals surface area contributed by atoms with E-state index in [4.69, 9.17) is 5.11 Å². The summed E-state index contributed by atoms with van der Waals surface area (Å²) in [5, 5.41) is 12.7. The van der Waals surface area contributed by atoms with Gasteiger partial charge in [0.05, 0.1) is 0 Å². The quantitative estimate of drug-likeness (QED) is 0.879. The van der Waals surface area contributed by atoms with Crippen molar-refractivity contribution in [3.8, 4) is 5.75 Å². The lowest BCUT2D eigenvalue weighted by molar-refractivity contribution is 0.166. The van der Waals surface area contributed by atoms with Crippen LogP contribution < -0.4 is 5.32 Å². The number of halogens is 1. The number of hydrogen-bond acceptors (Lipinski definition) is 3. The Morgan fingerprint density at radius 2 is 2.21 bits per heavy atom. The van der Waals surface area contributed by atoms with E-state index in [2.05, 4.69) is 10.2 Å². The Labute approximate surface area is 113 Å². The maximum Gasteiger partial charge on any atom is 0.165 e. The predicted octanol–water partition coefficient (Wildman–Crippen LogP) is 2.25. The molecule has 0 spiro atoms. The van der Waals surface area contributed by atoms with E-state index in [1.165, 1.54) is 50.9 Å². The standard InChI is InChI=1S/C15H21FN2O/c16-14-8-11(3-4-15(14)19)10-17-12-5-7-18-6-1-2-13(18)9-12/h3-4,8,12-13,17,19H,1-2,5-7,9-10H2. The number of benzene rings is 1. The van der Waals surface area contributed by atoms with E-state index in [0.29, 0.717) is 12.6 Å². The summed E-state index contributed by atoms with van der Waals surface area (Å²) >= 11 is 0. The molecule has 0 amide bonds. The van der Waals surface area contributed by atoms with Crippen LogP contribution in [0.25, 0.3) is 0 Å². The number of fused-ring (bicyclic) bond motifs is 1. The molecule has 0 aliphatic carbocycles. The first-order valence-corrected chi connectivity index (χ1v) is 7.17. The molecule has 2 aliphatic rings. The average molecular weight is 264 g/mol. The summed E-state index contributed by atoms with van der Waals surface area (Å²) in [7, 11) is 0. The van der Waals surface area contributed by atoms with Crippen molar-refractivity contribution in [1.29, 1.82) is 0 Å². The first kappa shape index (κ1) is 12.9. The number of phenolic OH excluding ortho intramolecular Hbond substituents is 1. The van der Waals surface area contributed by atoms with Crippen molar-refractivity contribution in [2.75, 3.05) is 13.1 Å². The fraction of sp³-hybridized carbons (Fsp3) is 0.600. The maximum atomic E-state index is 13.2. The van der Waals surface area contributed by atoms with E-state index >= 15 is 0 Å². The number of hydrogen-bond donors (Lipinski definition) is 2. The molecule has 2 fully saturated rings. The third kappa shape index (κ3) is 2.90. The molecule has 0 aromatic heterocycles. The Hall–Kier alpha value is -1.13. The minimum atomic E-state index is -0.537. The molecule has 0 radical (unpaired) electrons. The Morgan fingerprint density at radius 3 is 3.05 bits per heavy atom. The highest BCUT2D eigenvalue weighted by molar-refractivity contribution is 5.27. The molecule has 3 rings (SSSR count). The van der Waals surface area contributed by atoms with Gasteiger partial charge in [0.1, 0.15) is 0 Å². The number of aromatic hydroxyl groups is 1. The molecule has 3 nitrogen and oxygen atoms in total. The fourth-order valence-electron chi connectivity index (χ4n) is 3.33. The van der Waals surface area contributed by atoms with Crippen molar-refractivity contribution in [2.24, 2.45) is 0 Å². The van der Waals surface area contributed by atoms with Crippen molar-refractivity contribution in [2.45, 2.75) is 44.3 Å². The summed E-state index contributed by atoms with van der Waals surface area (Å²) in [6.07, 6.45) is 5.05. The zero-order valence-corrected chi connectivity index (χ0v) is 11.1. The van der Waals surface area contributed by atoms with Crippen molar-refractivity contribution < 1.29 is 9.50 Å². The number of nitrogens with zero attached hydrogens (tertiary/aromatic N) is 1. The van der Waals surface area contributed by atoms with Gasteiger partial charge in [-0.05, 0) is 56.5 Å². The fourth-order valence-corrected chi connectivity index (χ4v) is 3.33. The van der Waals surface area contributed by atoms with Crippen molar-refractivity contribution in [1.82, 2.24) is 10.2 Å². The Kier molecular flexibility index (Phi) is 3.71. The van der Waals surface area contributed by atoms with E-state index in [-0.39, 0.29) is 5.75 Å². The Morgan fingerprint density at radius 1 is 1.32 bits per heavy atom. The van der Waals surface area contributed by atoms with Crippen molar-refractivity contribution >= 4 is 0 Å². The third-order valence-electron chi connectivity index (χ3n) is 4.43. The van der Waals surface area contributed by atoms with Gasteiger partial charge in [-0.25, -0.2) is 4.39 Å². The van der Waals surface area contributed by atoms with Gasteiger partial charge in [-0.15, -0.1) is 0 Å². The van der Waals surface area contributed by atoms with Crippen LogP contribution in [0, 0.1) is 5.82 Å². The second-order valence-electron chi connectivity index (χ2n) is 5.72. The normalized spacial score (nSPS) is 27.4. The van der Waals surface area contributed by atoms with Gasteiger partial charge in [-0.1, -0.05) is 6.07 Å². The summed E-state index contributed by atoms with van der Waals surface area (Å²) in [4.78, 5) is 2.60. The second-order valence-corrected chi connectivity index (χ2v) is 5.72. The third-order valence-corrected chi connectivity index (χ3v) is 4.43. The molecule has 0 saturated carbocycles. The topological polar surface area (TPSA) is 35.5 Å². The maximum absolute atomic E-state index is 13.2. The van der Waals surface area contributed by atoms with E-state index in [0.717, 1.165) is 11.6 Å². The SMILES string of the molecule is Oc1ccc(CNC2CCN3CCCC3C2)cc1F. The summed E-state index contributed by atoms with van der Waals surface area (Å²) in [5.74, 6) is -0.812. The molecule has 2 heterocycles. The largest absolute Gasteiger partial charge is 0.505 e. The molecule has 2 N–H and O–H groups in total. The molecule has 1 aromatic carbocycles. The first-order chi connectivity index (χ1) is 9.22. The van der Waals surface area contributed by atoms with Crippen LogP contribution >= 0.6 is 0 Å². The van der Waals surface area contributed by atoms with E-state index < -0.39 is 5.82 Å². The summed E-state index contributed by atoms with van der Waals surface area (Å²) in [6.45, 7) is 3.13. The lowest BCUT2D eigenvalue weighted by Gasteiger charge is -2.35. The highest BCUT2D eigenvalue weighted by atomic mass is 19.1. The van der Waals surface area contributed by atoms with Gasteiger partial charge in [0.15, 0.2) is 11.6 Å². The first-order valence-electron chi connectivity index (χ1n) is 7.17. The van der Waals surface area contributed by atoms with Gasteiger partial charge in [-0.2, -0.15) is 0 Å². The van der Waals surface area contributed by atoms with Crippen LogP contribution in [0.3, 0.4) is 0 Å². The number of piperidine rings is 1. The van der Waals surface area contributed by atoms with Crippen molar-refractivity contribution in [3.63, 3.8) is 0 Å². The average Bonchev–Trinajstić information content (AvgIpc) is 2.87. The molecule has 19 heavy (non-hydrogen) atoms. The van der Waals surface area contributed by atoms with Crippen LogP contribution in [0.5, 0.6) is 5.75 Å². The number of rotatable bonds is 3. The second kappa shape index (κ2) is 5.47. The van der Waals surface area contributed by atoms with Crippen LogP contribution in [-0.4, -0.2) is 35.2 Å². The van der Waals surface area contributed by atoms with Gasteiger partial charge >= 0.3 is 0 Å². The van der Waals surface area contributed by atoms with E-state index in [1.54, 1.807) is 6.07 Å². The van der Waals surface area contributed by atoms with Crippen LogP contribution in [0.1, 0.15) is 31.2 Å². The molecule has 2 unspecified atom stereocenters. The van der Waals surface area contributed by atoms with Gasteiger partial charge in [-0.3, -0.25) is 0 Å². The molecular formula is C15H21FN2O. The van der Waals surface area contributed by atoms with Crippen LogP contribution in [-0.2, 0) is 6.54 Å². The summed E-state index contributed by atoms with van der Waals surface area (Å²) in [5.41, 5.74) is 0.893. The minimum Gasteiger partial charge on any atom is -0.505 e. The van der Waals surface area contributed by atoms with Gasteiger partial charge in [0, 0.05) is 18.6 Å². The van der Waals surface area contributed by atoms with Crippen LogP contribution in [0.15, 0.2) is 18.2 Å².